The summed E-state index contributed by atoms with van der Waals surface area (Å²) in [6.45, 7) is 18.5. The van der Waals surface area contributed by atoms with Crippen LogP contribution in [0.2, 0.25) is 0 Å². The van der Waals surface area contributed by atoms with Gasteiger partial charge in [-0.25, -0.2) is 4.79 Å². The van der Waals surface area contributed by atoms with E-state index in [9.17, 15) is 9.59 Å². The summed E-state index contributed by atoms with van der Waals surface area (Å²) in [5, 5.41) is 3.11. The monoisotopic (exact) mass is 440 g/mol. The number of rotatable bonds is 5. The third kappa shape index (κ3) is 5.75. The van der Waals surface area contributed by atoms with Crippen molar-refractivity contribution in [2.75, 3.05) is 13.1 Å². The molecular formula is C25H36N4O3. The Labute approximate surface area is 191 Å². The fourth-order valence-corrected chi connectivity index (χ4v) is 4.23. The van der Waals surface area contributed by atoms with Crippen molar-refractivity contribution in [3.05, 3.63) is 36.2 Å². The summed E-state index contributed by atoms with van der Waals surface area (Å²) in [6, 6.07) is 0. The van der Waals surface area contributed by atoms with E-state index in [4.69, 9.17) is 4.74 Å². The number of aliphatic imine (C=N–C) groups is 2. The molecule has 3 atom stereocenters. The number of dihydropyridines is 1. The molecule has 2 fully saturated rings. The standard InChI is InChI=1S/C25H36N4O3/c1-15-10-9-11-18(27-15)12-16(2)26-17(3)25(7,8)28-22(30)21-19-13-29(14-20(19)21)23(31)32-24(4,5)6/h9-10,12,19-21H,3,11,13-14H2,1-2,4-8H3,(H,28,30)/b18-12+,26-16-/t19-,20+,21+. The quantitative estimate of drug-likeness (QED) is 0.648. The number of allylic oxidation sites excluding steroid dienone is 3. The molecule has 2 amide bonds. The van der Waals surface area contributed by atoms with Gasteiger partial charge in [0, 0.05) is 42.5 Å². The molecular weight excluding hydrogens is 404 g/mol. The van der Waals surface area contributed by atoms with Gasteiger partial charge in [0.05, 0.1) is 11.2 Å². The van der Waals surface area contributed by atoms with E-state index < -0.39 is 11.1 Å². The van der Waals surface area contributed by atoms with Gasteiger partial charge in [-0.15, -0.1) is 0 Å². The molecule has 0 unspecified atom stereocenters. The molecule has 0 bridgehead atoms. The lowest BCUT2D eigenvalue weighted by Gasteiger charge is -2.28. The number of amides is 2. The van der Waals surface area contributed by atoms with E-state index in [0.717, 1.165) is 23.5 Å². The van der Waals surface area contributed by atoms with E-state index in [1.807, 2.05) is 60.6 Å². The second kappa shape index (κ2) is 8.68. The van der Waals surface area contributed by atoms with Crippen LogP contribution in [0.4, 0.5) is 4.79 Å². The van der Waals surface area contributed by atoms with Crippen LogP contribution in [0.1, 0.15) is 54.9 Å². The Balaban J connectivity index is 1.53. The van der Waals surface area contributed by atoms with Gasteiger partial charge >= 0.3 is 6.09 Å². The van der Waals surface area contributed by atoms with Crippen molar-refractivity contribution in [3.8, 4) is 0 Å². The molecule has 1 saturated carbocycles. The van der Waals surface area contributed by atoms with Crippen LogP contribution in [0, 0.1) is 17.8 Å². The zero-order valence-electron chi connectivity index (χ0n) is 20.4. The average Bonchev–Trinajstić information content (AvgIpc) is 3.14. The molecule has 1 saturated heterocycles. The van der Waals surface area contributed by atoms with Gasteiger partial charge in [0.1, 0.15) is 5.60 Å². The van der Waals surface area contributed by atoms with Crippen molar-refractivity contribution in [3.63, 3.8) is 0 Å². The maximum Gasteiger partial charge on any atom is 0.410 e. The molecule has 0 radical (unpaired) electrons. The minimum Gasteiger partial charge on any atom is -0.444 e. The number of nitrogens with one attached hydrogen (secondary N) is 1. The van der Waals surface area contributed by atoms with Gasteiger partial charge in [-0.05, 0) is 72.5 Å². The number of piperidine rings is 1. The highest BCUT2D eigenvalue weighted by Gasteiger charge is 2.61. The zero-order chi connectivity index (χ0) is 23.8. The first kappa shape index (κ1) is 24.0. The molecule has 3 aliphatic rings. The number of hydrogen-bond acceptors (Lipinski definition) is 5. The van der Waals surface area contributed by atoms with Crippen LogP contribution in [0.3, 0.4) is 0 Å². The highest BCUT2D eigenvalue weighted by atomic mass is 16.6. The van der Waals surface area contributed by atoms with E-state index in [-0.39, 0.29) is 29.8 Å². The summed E-state index contributed by atoms with van der Waals surface area (Å²) in [6.07, 6.45) is 6.51. The molecule has 32 heavy (non-hydrogen) atoms. The summed E-state index contributed by atoms with van der Waals surface area (Å²) in [4.78, 5) is 36.0. The number of nitrogens with zero attached hydrogens (tertiary/aromatic N) is 3. The van der Waals surface area contributed by atoms with E-state index in [2.05, 4.69) is 28.0 Å². The van der Waals surface area contributed by atoms with Crippen molar-refractivity contribution in [1.82, 2.24) is 10.2 Å². The zero-order valence-corrected chi connectivity index (χ0v) is 20.4. The second-order valence-electron chi connectivity index (χ2n) is 10.5. The highest BCUT2D eigenvalue weighted by molar-refractivity contribution is 5.97. The predicted molar refractivity (Wildman–Crippen MR) is 128 cm³/mol. The normalized spacial score (nSPS) is 26.5. The van der Waals surface area contributed by atoms with E-state index >= 15 is 0 Å². The first-order valence-corrected chi connectivity index (χ1v) is 11.2. The van der Waals surface area contributed by atoms with Crippen LogP contribution in [0.15, 0.2) is 46.2 Å². The lowest BCUT2D eigenvalue weighted by molar-refractivity contribution is -0.124. The minimum atomic E-state index is -0.676. The summed E-state index contributed by atoms with van der Waals surface area (Å²) < 4.78 is 5.44. The lowest BCUT2D eigenvalue weighted by Crippen LogP contribution is -2.46. The molecule has 7 heteroatoms. The Bertz CT molecular complexity index is 921. The lowest BCUT2D eigenvalue weighted by atomic mass is 10.0. The molecule has 0 aromatic heterocycles. The first-order valence-electron chi connectivity index (χ1n) is 11.2. The van der Waals surface area contributed by atoms with Crippen molar-refractivity contribution >= 4 is 23.4 Å². The van der Waals surface area contributed by atoms with Gasteiger partial charge in [0.2, 0.25) is 5.91 Å². The Morgan fingerprint density at radius 1 is 1.25 bits per heavy atom. The number of carbonyl (C=O) groups excluding carboxylic acids is 2. The van der Waals surface area contributed by atoms with Gasteiger partial charge < -0.3 is 15.0 Å². The summed E-state index contributed by atoms with van der Waals surface area (Å²) in [5.74, 6) is 0.321. The van der Waals surface area contributed by atoms with E-state index in [1.165, 1.54) is 0 Å². The molecule has 2 aliphatic heterocycles. The summed E-state index contributed by atoms with van der Waals surface area (Å²) >= 11 is 0. The fourth-order valence-electron chi connectivity index (χ4n) is 4.23. The Morgan fingerprint density at radius 3 is 2.44 bits per heavy atom. The van der Waals surface area contributed by atoms with Gasteiger partial charge in [0.15, 0.2) is 0 Å². The van der Waals surface area contributed by atoms with Crippen LogP contribution >= 0.6 is 0 Å². The van der Waals surface area contributed by atoms with Gasteiger partial charge in [0.25, 0.3) is 0 Å². The van der Waals surface area contributed by atoms with Crippen LogP contribution in [-0.2, 0) is 9.53 Å². The van der Waals surface area contributed by atoms with Crippen molar-refractivity contribution < 1.29 is 14.3 Å². The predicted octanol–water partition coefficient (Wildman–Crippen LogP) is 4.27. The number of carbonyl (C=O) groups is 2. The number of hydrogen-bond donors (Lipinski definition) is 1. The van der Waals surface area contributed by atoms with E-state index in [1.54, 1.807) is 4.90 Å². The fraction of sp³-hybridized carbons (Fsp3) is 0.600. The van der Waals surface area contributed by atoms with Crippen LogP contribution in [0.25, 0.3) is 0 Å². The molecule has 7 nitrogen and oxygen atoms in total. The first-order chi connectivity index (χ1) is 14.8. The van der Waals surface area contributed by atoms with Crippen LogP contribution < -0.4 is 5.32 Å². The largest absolute Gasteiger partial charge is 0.444 e. The maximum atomic E-state index is 12.9. The molecule has 3 rings (SSSR count). The minimum absolute atomic E-state index is 0.00108. The summed E-state index contributed by atoms with van der Waals surface area (Å²) in [7, 11) is 0. The van der Waals surface area contributed by atoms with Crippen LogP contribution in [0.5, 0.6) is 0 Å². The molecule has 0 spiro atoms. The SMILES string of the molecule is C=C(/N=C(C)\C=C1/CC=CC(C)=N1)C(C)(C)NC(=O)[C@H]1[C@@H]2CN(C(=O)OC(C)(C)C)C[C@@H]21. The van der Waals surface area contributed by atoms with Crippen molar-refractivity contribution in [2.24, 2.45) is 27.7 Å². The Kier molecular flexibility index (Phi) is 6.50. The third-order valence-electron chi connectivity index (χ3n) is 6.00. The number of fused-ring (bicyclic) bond motifs is 1. The smallest absolute Gasteiger partial charge is 0.410 e. The maximum absolute atomic E-state index is 12.9. The van der Waals surface area contributed by atoms with Gasteiger partial charge in [-0.1, -0.05) is 12.7 Å². The van der Waals surface area contributed by atoms with Crippen molar-refractivity contribution in [1.29, 1.82) is 0 Å². The second-order valence-corrected chi connectivity index (χ2v) is 10.5. The topological polar surface area (TPSA) is 83.4 Å². The van der Waals surface area contributed by atoms with E-state index in [0.29, 0.717) is 18.8 Å². The Hall–Kier alpha value is -2.70. The highest BCUT2D eigenvalue weighted by Crippen LogP contribution is 2.52. The van der Waals surface area contributed by atoms with Crippen LogP contribution in [-0.4, -0.2) is 52.6 Å². The molecule has 174 valence electrons. The summed E-state index contributed by atoms with van der Waals surface area (Å²) in [5.41, 5.74) is 2.13. The van der Waals surface area contributed by atoms with Gasteiger partial charge in [-0.2, -0.15) is 0 Å². The Morgan fingerprint density at radius 2 is 1.88 bits per heavy atom. The van der Waals surface area contributed by atoms with Gasteiger partial charge in [-0.3, -0.25) is 14.8 Å². The average molecular weight is 441 g/mol. The number of likely N-dealkylation sites (tertiary alicyclic amines) is 1. The molecule has 1 aliphatic carbocycles. The molecule has 2 heterocycles. The molecule has 0 aromatic rings. The molecule has 0 aromatic carbocycles. The van der Waals surface area contributed by atoms with Crippen molar-refractivity contribution in [2.45, 2.75) is 66.0 Å². The molecule has 1 N–H and O–H groups in total. The third-order valence-corrected chi connectivity index (χ3v) is 6.00. The number of ether oxygens (including phenoxy) is 1.